The Kier molecular flexibility index (Phi) is 5.30. The van der Waals surface area contributed by atoms with Crippen molar-refractivity contribution in [2.45, 2.75) is 13.3 Å². The molecule has 1 aliphatic heterocycles. The van der Waals surface area contributed by atoms with Crippen molar-refractivity contribution in [3.63, 3.8) is 0 Å². The number of fused-ring (bicyclic) bond motifs is 2. The van der Waals surface area contributed by atoms with E-state index in [1.807, 2.05) is 19.1 Å². The second kappa shape index (κ2) is 8.44. The van der Waals surface area contributed by atoms with Gasteiger partial charge < -0.3 is 9.15 Å². The average molecular weight is 453 g/mol. The smallest absolute Gasteiger partial charge is 0.313 e. The summed E-state index contributed by atoms with van der Waals surface area (Å²) in [6.45, 7) is 1.68. The number of carbonyl (C=O) groups excluding carboxylic acids is 3. The first-order valence-corrected chi connectivity index (χ1v) is 10.7. The second-order valence-electron chi connectivity index (χ2n) is 7.99. The molecular weight excluding hydrogens is 434 g/mol. The van der Waals surface area contributed by atoms with E-state index in [2.05, 4.69) is 0 Å². The van der Waals surface area contributed by atoms with Gasteiger partial charge in [0.15, 0.2) is 5.76 Å². The first-order valence-electron chi connectivity index (χ1n) is 10.7. The van der Waals surface area contributed by atoms with Gasteiger partial charge in [-0.1, -0.05) is 54.1 Å². The van der Waals surface area contributed by atoms with Crippen LogP contribution >= 0.6 is 0 Å². The van der Waals surface area contributed by atoms with Crippen LogP contribution in [0.15, 0.2) is 82.0 Å². The number of ether oxygens (including phenoxy) is 1. The molecule has 0 saturated carbocycles. The number of esters is 1. The maximum atomic E-state index is 13.3. The first kappa shape index (κ1) is 21.3. The van der Waals surface area contributed by atoms with Crippen LogP contribution < -0.4 is 10.2 Å². The molecule has 0 radical (unpaired) electrons. The van der Waals surface area contributed by atoms with Crippen LogP contribution in [0.25, 0.3) is 22.3 Å². The van der Waals surface area contributed by atoms with Crippen molar-refractivity contribution < 1.29 is 23.5 Å². The number of nitrogens with zero attached hydrogens (tertiary/aromatic N) is 1. The lowest BCUT2D eigenvalue weighted by Crippen LogP contribution is -2.32. The SMILES string of the molecule is Cc1ccc2oc(-c3ccccc3)c(OC(=O)CCN3C(=O)c4ccccc4C3=O)c(=O)c2c1. The largest absolute Gasteiger partial charge is 0.452 e. The van der Waals surface area contributed by atoms with E-state index in [-0.39, 0.29) is 24.5 Å². The lowest BCUT2D eigenvalue weighted by atomic mass is 10.1. The van der Waals surface area contributed by atoms with Crippen LogP contribution in [0.2, 0.25) is 0 Å². The van der Waals surface area contributed by atoms with Crippen molar-refractivity contribution in [1.82, 2.24) is 4.90 Å². The fraction of sp³-hybridized carbons (Fsp3) is 0.111. The Balaban J connectivity index is 1.44. The van der Waals surface area contributed by atoms with Gasteiger partial charge in [-0.15, -0.1) is 0 Å². The molecule has 168 valence electrons. The summed E-state index contributed by atoms with van der Waals surface area (Å²) in [5.74, 6) is -1.76. The number of rotatable bonds is 5. The molecule has 0 saturated heterocycles. The van der Waals surface area contributed by atoms with Gasteiger partial charge in [-0.3, -0.25) is 24.1 Å². The van der Waals surface area contributed by atoms with E-state index in [0.29, 0.717) is 27.7 Å². The zero-order chi connectivity index (χ0) is 23.8. The molecule has 34 heavy (non-hydrogen) atoms. The van der Waals surface area contributed by atoms with E-state index in [0.717, 1.165) is 10.5 Å². The summed E-state index contributed by atoms with van der Waals surface area (Å²) >= 11 is 0. The average Bonchev–Trinajstić information content (AvgIpc) is 3.10. The molecule has 0 N–H and O–H groups in total. The van der Waals surface area contributed by atoms with Crippen LogP contribution in [0.3, 0.4) is 0 Å². The Morgan fingerprint density at radius 3 is 2.21 bits per heavy atom. The Hall–Kier alpha value is -4.52. The lowest BCUT2D eigenvalue weighted by molar-refractivity contribution is -0.134. The Morgan fingerprint density at radius 1 is 0.882 bits per heavy atom. The molecule has 0 spiro atoms. The third kappa shape index (κ3) is 3.67. The molecule has 2 heterocycles. The maximum absolute atomic E-state index is 13.3. The van der Waals surface area contributed by atoms with Gasteiger partial charge in [0.2, 0.25) is 11.2 Å². The molecule has 1 aromatic heterocycles. The minimum absolute atomic E-state index is 0.135. The van der Waals surface area contributed by atoms with E-state index >= 15 is 0 Å². The normalized spacial score (nSPS) is 12.8. The van der Waals surface area contributed by atoms with E-state index in [9.17, 15) is 19.2 Å². The molecule has 0 atom stereocenters. The minimum Gasteiger partial charge on any atom is -0.452 e. The standard InChI is InChI=1S/C27H19NO6/c1-16-11-12-21-20(15-16)23(30)25(24(33-21)17-7-3-2-4-8-17)34-22(29)13-14-28-26(31)18-9-5-6-10-19(18)27(28)32/h2-12,15H,13-14H2,1H3. The maximum Gasteiger partial charge on any atom is 0.313 e. The topological polar surface area (TPSA) is 93.9 Å². The Bertz CT molecular complexity index is 1480. The fourth-order valence-corrected chi connectivity index (χ4v) is 3.97. The number of imide groups is 1. The third-order valence-electron chi connectivity index (χ3n) is 5.67. The van der Waals surface area contributed by atoms with Gasteiger partial charge in [0.25, 0.3) is 11.8 Å². The van der Waals surface area contributed by atoms with Crippen molar-refractivity contribution >= 4 is 28.8 Å². The van der Waals surface area contributed by atoms with Gasteiger partial charge in [0.05, 0.1) is 22.9 Å². The van der Waals surface area contributed by atoms with Crippen LogP contribution in [0.1, 0.15) is 32.7 Å². The molecule has 1 aliphatic rings. The quantitative estimate of drug-likeness (QED) is 0.329. The van der Waals surface area contributed by atoms with Crippen molar-refractivity contribution in [2.75, 3.05) is 6.54 Å². The predicted octanol–water partition coefficient (Wildman–Crippen LogP) is 4.36. The van der Waals surface area contributed by atoms with Crippen molar-refractivity contribution in [3.05, 3.63) is 99.7 Å². The van der Waals surface area contributed by atoms with Crippen LogP contribution in [0.4, 0.5) is 0 Å². The molecule has 0 aliphatic carbocycles. The van der Waals surface area contributed by atoms with E-state index < -0.39 is 23.2 Å². The zero-order valence-electron chi connectivity index (χ0n) is 18.2. The number of hydrogen-bond donors (Lipinski definition) is 0. The summed E-state index contributed by atoms with van der Waals surface area (Å²) in [7, 11) is 0. The highest BCUT2D eigenvalue weighted by molar-refractivity contribution is 6.21. The molecule has 7 nitrogen and oxygen atoms in total. The lowest BCUT2D eigenvalue weighted by Gasteiger charge is -2.14. The molecule has 0 bridgehead atoms. The summed E-state index contributed by atoms with van der Waals surface area (Å²) in [5, 5.41) is 0.294. The third-order valence-corrected chi connectivity index (χ3v) is 5.67. The molecule has 2 amide bonds. The van der Waals surface area contributed by atoms with Crippen LogP contribution in [-0.4, -0.2) is 29.2 Å². The van der Waals surface area contributed by atoms with Gasteiger partial charge in [-0.25, -0.2) is 0 Å². The molecule has 3 aromatic carbocycles. The molecule has 0 unspecified atom stereocenters. The van der Waals surface area contributed by atoms with Crippen LogP contribution in [0.5, 0.6) is 5.75 Å². The fourth-order valence-electron chi connectivity index (χ4n) is 3.97. The highest BCUT2D eigenvalue weighted by atomic mass is 16.5. The van der Waals surface area contributed by atoms with E-state index in [1.165, 1.54) is 0 Å². The van der Waals surface area contributed by atoms with Gasteiger partial charge in [0, 0.05) is 12.1 Å². The van der Waals surface area contributed by atoms with E-state index in [4.69, 9.17) is 9.15 Å². The van der Waals surface area contributed by atoms with E-state index in [1.54, 1.807) is 60.7 Å². The van der Waals surface area contributed by atoms with Crippen LogP contribution in [0, 0.1) is 6.92 Å². The summed E-state index contributed by atoms with van der Waals surface area (Å²) in [5.41, 5.74) is 1.94. The number of benzene rings is 3. The second-order valence-corrected chi connectivity index (χ2v) is 7.99. The summed E-state index contributed by atoms with van der Waals surface area (Å²) in [6, 6.07) is 20.6. The van der Waals surface area contributed by atoms with Gasteiger partial charge in [-0.2, -0.15) is 0 Å². The monoisotopic (exact) mass is 453 g/mol. The number of amides is 2. The van der Waals surface area contributed by atoms with Crippen molar-refractivity contribution in [3.8, 4) is 17.1 Å². The Morgan fingerprint density at radius 2 is 1.53 bits per heavy atom. The van der Waals surface area contributed by atoms with Gasteiger partial charge >= 0.3 is 5.97 Å². The molecule has 0 fully saturated rings. The highest BCUT2D eigenvalue weighted by Gasteiger charge is 2.35. The first-order chi connectivity index (χ1) is 16.4. The number of aryl methyl sites for hydroxylation is 1. The van der Waals surface area contributed by atoms with Gasteiger partial charge in [-0.05, 0) is 31.2 Å². The van der Waals surface area contributed by atoms with Crippen molar-refractivity contribution in [1.29, 1.82) is 0 Å². The summed E-state index contributed by atoms with van der Waals surface area (Å²) in [4.78, 5) is 52.1. The van der Waals surface area contributed by atoms with Gasteiger partial charge in [0.1, 0.15) is 5.58 Å². The minimum atomic E-state index is -0.756. The molecule has 5 rings (SSSR count). The predicted molar refractivity (Wildman–Crippen MR) is 125 cm³/mol. The van der Waals surface area contributed by atoms with Crippen molar-refractivity contribution in [2.24, 2.45) is 0 Å². The number of carbonyl (C=O) groups is 3. The molecule has 4 aromatic rings. The highest BCUT2D eigenvalue weighted by Crippen LogP contribution is 2.31. The Labute approximate surface area is 194 Å². The van der Waals surface area contributed by atoms with Crippen LogP contribution in [-0.2, 0) is 4.79 Å². The summed E-state index contributed by atoms with van der Waals surface area (Å²) < 4.78 is 11.5. The molecule has 7 heteroatoms. The number of hydrogen-bond acceptors (Lipinski definition) is 6. The molecular formula is C27H19NO6. The summed E-state index contributed by atoms with van der Waals surface area (Å²) in [6.07, 6.45) is -0.273. The zero-order valence-corrected chi connectivity index (χ0v) is 18.2.